The summed E-state index contributed by atoms with van der Waals surface area (Å²) in [5.74, 6) is 0.478. The van der Waals surface area contributed by atoms with Gasteiger partial charge in [-0.1, -0.05) is 18.2 Å². The van der Waals surface area contributed by atoms with Gasteiger partial charge in [0.1, 0.15) is 5.60 Å². The average molecular weight is 318 g/mol. The molecule has 0 radical (unpaired) electrons. The van der Waals surface area contributed by atoms with Crippen molar-refractivity contribution in [3.63, 3.8) is 0 Å². The van der Waals surface area contributed by atoms with Crippen LogP contribution in [-0.4, -0.2) is 42.1 Å². The molecule has 126 valence electrons. The topological polar surface area (TPSA) is 58.6 Å². The Bertz CT molecular complexity index is 529. The number of hydrogen-bond acceptors (Lipinski definition) is 3. The second kappa shape index (κ2) is 7.49. The summed E-state index contributed by atoms with van der Waals surface area (Å²) in [5.41, 5.74) is 0.257. The first-order valence-corrected chi connectivity index (χ1v) is 8.16. The lowest BCUT2D eigenvalue weighted by Gasteiger charge is -2.32. The molecular formula is C18H26N2O3. The monoisotopic (exact) mass is 318 g/mol. The second-order valence-corrected chi connectivity index (χ2v) is 6.98. The summed E-state index contributed by atoms with van der Waals surface area (Å²) >= 11 is 0. The number of carbonyl (C=O) groups excluding carboxylic acids is 2. The number of benzene rings is 1. The fraction of sp³-hybridized carbons (Fsp3) is 0.556. The third kappa shape index (κ3) is 5.58. The molecule has 0 saturated carbocycles. The summed E-state index contributed by atoms with van der Waals surface area (Å²) in [6, 6.07) is 9.36. The van der Waals surface area contributed by atoms with E-state index in [9.17, 15) is 9.59 Å². The maximum Gasteiger partial charge on any atom is 0.407 e. The summed E-state index contributed by atoms with van der Waals surface area (Å²) in [6.07, 6.45) is 1.42. The van der Waals surface area contributed by atoms with E-state index >= 15 is 0 Å². The van der Waals surface area contributed by atoms with Crippen LogP contribution >= 0.6 is 0 Å². The van der Waals surface area contributed by atoms with Crippen molar-refractivity contribution in [2.24, 2.45) is 5.92 Å². The van der Waals surface area contributed by atoms with Crippen molar-refractivity contribution in [2.45, 2.75) is 39.2 Å². The molecule has 1 fully saturated rings. The summed E-state index contributed by atoms with van der Waals surface area (Å²) < 4.78 is 5.23. The maximum absolute atomic E-state index is 12.4. The van der Waals surface area contributed by atoms with Crippen LogP contribution in [0.15, 0.2) is 30.3 Å². The van der Waals surface area contributed by atoms with Crippen molar-refractivity contribution in [1.29, 1.82) is 0 Å². The molecule has 0 bridgehead atoms. The van der Waals surface area contributed by atoms with Gasteiger partial charge in [0, 0.05) is 25.2 Å². The number of amides is 2. The van der Waals surface area contributed by atoms with Crippen LogP contribution in [-0.2, 0) is 4.74 Å². The summed E-state index contributed by atoms with van der Waals surface area (Å²) in [4.78, 5) is 25.9. The van der Waals surface area contributed by atoms with Crippen molar-refractivity contribution < 1.29 is 14.3 Å². The summed E-state index contributed by atoms with van der Waals surface area (Å²) in [7, 11) is 0. The molecule has 0 aliphatic carbocycles. The SMILES string of the molecule is CC(C)(C)OC(=O)NCC1CCN(C(=O)c2ccccc2)CC1. The third-order valence-electron chi connectivity index (χ3n) is 3.86. The highest BCUT2D eigenvalue weighted by Crippen LogP contribution is 2.18. The molecule has 0 unspecified atom stereocenters. The first kappa shape index (κ1) is 17.3. The van der Waals surface area contributed by atoms with Gasteiger partial charge in [0.25, 0.3) is 5.91 Å². The quantitative estimate of drug-likeness (QED) is 0.932. The summed E-state index contributed by atoms with van der Waals surface area (Å²) in [6.45, 7) is 7.60. The zero-order valence-corrected chi connectivity index (χ0v) is 14.2. The van der Waals surface area contributed by atoms with Crippen molar-refractivity contribution in [1.82, 2.24) is 10.2 Å². The Morgan fingerprint density at radius 3 is 2.35 bits per heavy atom. The van der Waals surface area contributed by atoms with E-state index in [1.807, 2.05) is 56.0 Å². The van der Waals surface area contributed by atoms with E-state index in [2.05, 4.69) is 5.32 Å². The third-order valence-corrected chi connectivity index (χ3v) is 3.86. The Morgan fingerprint density at radius 2 is 1.78 bits per heavy atom. The Balaban J connectivity index is 1.74. The molecule has 1 saturated heterocycles. The normalized spacial score (nSPS) is 16.0. The van der Waals surface area contributed by atoms with Crippen LogP contribution in [0.3, 0.4) is 0 Å². The molecule has 1 aromatic carbocycles. The van der Waals surface area contributed by atoms with Gasteiger partial charge in [-0.25, -0.2) is 4.79 Å². The van der Waals surface area contributed by atoms with Gasteiger partial charge in [-0.05, 0) is 51.7 Å². The van der Waals surface area contributed by atoms with E-state index in [0.717, 1.165) is 31.5 Å². The van der Waals surface area contributed by atoms with Crippen LogP contribution in [0.2, 0.25) is 0 Å². The first-order valence-electron chi connectivity index (χ1n) is 8.16. The molecule has 5 heteroatoms. The Labute approximate surface area is 138 Å². The van der Waals surface area contributed by atoms with Crippen molar-refractivity contribution in [3.8, 4) is 0 Å². The van der Waals surface area contributed by atoms with E-state index in [-0.39, 0.29) is 12.0 Å². The van der Waals surface area contributed by atoms with E-state index < -0.39 is 5.60 Å². The van der Waals surface area contributed by atoms with E-state index in [1.54, 1.807) is 0 Å². The minimum atomic E-state index is -0.477. The molecule has 1 aliphatic heterocycles. The van der Waals surface area contributed by atoms with Crippen molar-refractivity contribution in [2.75, 3.05) is 19.6 Å². The van der Waals surface area contributed by atoms with Crippen LogP contribution in [0.4, 0.5) is 4.79 Å². The van der Waals surface area contributed by atoms with Gasteiger partial charge in [-0.15, -0.1) is 0 Å². The minimum absolute atomic E-state index is 0.0872. The molecule has 0 atom stereocenters. The number of ether oxygens (including phenoxy) is 1. The minimum Gasteiger partial charge on any atom is -0.444 e. The molecule has 1 aromatic rings. The number of nitrogens with one attached hydrogen (secondary N) is 1. The number of piperidine rings is 1. The summed E-state index contributed by atoms with van der Waals surface area (Å²) in [5, 5.41) is 2.82. The van der Waals surface area contributed by atoms with Crippen molar-refractivity contribution in [3.05, 3.63) is 35.9 Å². The standard InChI is InChI=1S/C18H26N2O3/c1-18(2,3)23-17(22)19-13-14-9-11-20(12-10-14)16(21)15-7-5-4-6-8-15/h4-8,14H,9-13H2,1-3H3,(H,19,22). The van der Waals surface area contributed by atoms with E-state index in [1.165, 1.54) is 0 Å². The largest absolute Gasteiger partial charge is 0.444 e. The number of rotatable bonds is 3. The smallest absolute Gasteiger partial charge is 0.407 e. The maximum atomic E-state index is 12.4. The zero-order chi connectivity index (χ0) is 16.9. The molecule has 23 heavy (non-hydrogen) atoms. The van der Waals surface area contributed by atoms with Gasteiger partial charge >= 0.3 is 6.09 Å². The molecular weight excluding hydrogens is 292 g/mol. The molecule has 0 spiro atoms. The molecule has 2 rings (SSSR count). The Morgan fingerprint density at radius 1 is 1.17 bits per heavy atom. The molecule has 5 nitrogen and oxygen atoms in total. The van der Waals surface area contributed by atoms with Gasteiger partial charge < -0.3 is 15.0 Å². The van der Waals surface area contributed by atoms with Gasteiger partial charge in [0.15, 0.2) is 0 Å². The van der Waals surface area contributed by atoms with Crippen LogP contribution in [0.5, 0.6) is 0 Å². The highest BCUT2D eigenvalue weighted by atomic mass is 16.6. The predicted molar refractivity (Wildman–Crippen MR) is 89.3 cm³/mol. The predicted octanol–water partition coefficient (Wildman–Crippen LogP) is 3.06. The average Bonchev–Trinajstić information content (AvgIpc) is 2.52. The fourth-order valence-electron chi connectivity index (χ4n) is 2.65. The van der Waals surface area contributed by atoms with Crippen LogP contribution < -0.4 is 5.32 Å². The Kier molecular flexibility index (Phi) is 5.64. The van der Waals surface area contributed by atoms with E-state index in [0.29, 0.717) is 12.5 Å². The number of hydrogen-bond donors (Lipinski definition) is 1. The molecule has 1 heterocycles. The number of alkyl carbamates (subject to hydrolysis) is 1. The number of nitrogens with zero attached hydrogens (tertiary/aromatic N) is 1. The van der Waals surface area contributed by atoms with Crippen LogP contribution in [0.1, 0.15) is 44.0 Å². The lowest BCUT2D eigenvalue weighted by Crippen LogP contribution is -2.42. The van der Waals surface area contributed by atoms with Crippen LogP contribution in [0, 0.1) is 5.92 Å². The molecule has 2 amide bonds. The van der Waals surface area contributed by atoms with Gasteiger partial charge in [-0.3, -0.25) is 4.79 Å². The van der Waals surface area contributed by atoms with E-state index in [4.69, 9.17) is 4.74 Å². The van der Waals surface area contributed by atoms with Gasteiger partial charge in [0.2, 0.25) is 0 Å². The highest BCUT2D eigenvalue weighted by molar-refractivity contribution is 5.94. The van der Waals surface area contributed by atoms with Gasteiger partial charge in [0.05, 0.1) is 0 Å². The van der Waals surface area contributed by atoms with Crippen LogP contribution in [0.25, 0.3) is 0 Å². The highest BCUT2D eigenvalue weighted by Gasteiger charge is 2.24. The lowest BCUT2D eigenvalue weighted by molar-refractivity contribution is 0.0500. The molecule has 1 aliphatic rings. The first-order chi connectivity index (χ1) is 10.8. The second-order valence-electron chi connectivity index (χ2n) is 6.98. The molecule has 1 N–H and O–H groups in total. The number of likely N-dealkylation sites (tertiary alicyclic amines) is 1. The lowest BCUT2D eigenvalue weighted by atomic mass is 9.96. The van der Waals surface area contributed by atoms with Crippen molar-refractivity contribution >= 4 is 12.0 Å². The van der Waals surface area contributed by atoms with Gasteiger partial charge in [-0.2, -0.15) is 0 Å². The molecule has 0 aromatic heterocycles. The number of carbonyl (C=O) groups is 2. The Hall–Kier alpha value is -2.04. The fourth-order valence-corrected chi connectivity index (χ4v) is 2.65. The zero-order valence-electron chi connectivity index (χ0n) is 14.2.